The quantitative estimate of drug-likeness (QED) is 0.760. The summed E-state index contributed by atoms with van der Waals surface area (Å²) in [6.45, 7) is 2.53. The van der Waals surface area contributed by atoms with E-state index in [2.05, 4.69) is 17.0 Å². The van der Waals surface area contributed by atoms with Gasteiger partial charge in [0.1, 0.15) is 0 Å². The fourth-order valence-electron chi connectivity index (χ4n) is 1.55. The summed E-state index contributed by atoms with van der Waals surface area (Å²) in [5, 5.41) is 4.82. The summed E-state index contributed by atoms with van der Waals surface area (Å²) in [5.74, 6) is 0.120. The summed E-state index contributed by atoms with van der Waals surface area (Å²) < 4.78 is 26.4. The molecule has 98 valence electrons. The maximum Gasteiger partial charge on any atom is 0.213 e. The summed E-state index contributed by atoms with van der Waals surface area (Å²) in [4.78, 5) is 1.08. The highest BCUT2D eigenvalue weighted by Crippen LogP contribution is 2.23. The van der Waals surface area contributed by atoms with Crippen molar-refractivity contribution in [1.82, 2.24) is 10.0 Å². The summed E-state index contributed by atoms with van der Waals surface area (Å²) in [6.07, 6.45) is 1.79. The zero-order chi connectivity index (χ0) is 12.7. The average Bonchev–Trinajstić information content (AvgIpc) is 2.79. The van der Waals surface area contributed by atoms with E-state index in [0.29, 0.717) is 6.54 Å². The minimum Gasteiger partial charge on any atom is -0.319 e. The number of hydrogen-bond acceptors (Lipinski definition) is 4. The smallest absolute Gasteiger partial charge is 0.213 e. The van der Waals surface area contributed by atoms with Gasteiger partial charge in [-0.3, -0.25) is 0 Å². The van der Waals surface area contributed by atoms with Crippen LogP contribution in [0.3, 0.4) is 0 Å². The van der Waals surface area contributed by atoms with E-state index in [1.54, 1.807) is 18.4 Å². The molecule has 6 heteroatoms. The minimum absolute atomic E-state index is 0.0816. The van der Waals surface area contributed by atoms with E-state index in [1.807, 2.05) is 17.5 Å². The molecule has 0 saturated carbocycles. The highest BCUT2D eigenvalue weighted by atomic mass is 32.2. The molecule has 1 heterocycles. The van der Waals surface area contributed by atoms with Gasteiger partial charge in [-0.2, -0.15) is 0 Å². The van der Waals surface area contributed by atoms with Crippen LogP contribution in [0.2, 0.25) is 0 Å². The van der Waals surface area contributed by atoms with Crippen LogP contribution < -0.4 is 10.0 Å². The van der Waals surface area contributed by atoms with Crippen LogP contribution in [-0.2, 0) is 10.0 Å². The molecule has 2 N–H and O–H groups in total. The van der Waals surface area contributed by atoms with Gasteiger partial charge in [0.25, 0.3) is 0 Å². The molecular weight excluding hydrogens is 256 g/mol. The molecular formula is C11H20N2O2S2. The molecule has 0 spiro atoms. The van der Waals surface area contributed by atoms with Crippen LogP contribution in [0.25, 0.3) is 0 Å². The normalized spacial score (nSPS) is 13.8. The van der Waals surface area contributed by atoms with Gasteiger partial charge in [-0.15, -0.1) is 11.3 Å². The van der Waals surface area contributed by atoms with Crippen molar-refractivity contribution in [2.24, 2.45) is 0 Å². The first-order chi connectivity index (χ1) is 8.09. The number of sulfonamides is 1. The molecule has 4 nitrogen and oxygen atoms in total. The molecule has 0 fully saturated rings. The lowest BCUT2D eigenvalue weighted by Crippen LogP contribution is -2.33. The van der Waals surface area contributed by atoms with E-state index in [1.165, 1.54) is 0 Å². The third kappa shape index (κ3) is 5.16. The van der Waals surface area contributed by atoms with Gasteiger partial charge in [0.05, 0.1) is 11.8 Å². The molecule has 17 heavy (non-hydrogen) atoms. The summed E-state index contributed by atoms with van der Waals surface area (Å²) in [6, 6.07) is 3.85. The third-order valence-corrected chi connectivity index (χ3v) is 4.78. The third-order valence-electron chi connectivity index (χ3n) is 2.41. The fourth-order valence-corrected chi connectivity index (χ4v) is 3.71. The molecule has 1 atom stereocenters. The van der Waals surface area contributed by atoms with Crippen molar-refractivity contribution in [3.63, 3.8) is 0 Å². The molecule has 1 unspecified atom stereocenters. The summed E-state index contributed by atoms with van der Waals surface area (Å²) in [7, 11) is -1.45. The van der Waals surface area contributed by atoms with Crippen LogP contribution in [0, 0.1) is 0 Å². The Labute approximate surface area is 107 Å². The van der Waals surface area contributed by atoms with Gasteiger partial charge in [0.15, 0.2) is 0 Å². The largest absolute Gasteiger partial charge is 0.319 e. The van der Waals surface area contributed by atoms with Gasteiger partial charge in [0, 0.05) is 11.4 Å². The monoisotopic (exact) mass is 276 g/mol. The van der Waals surface area contributed by atoms with Crippen molar-refractivity contribution in [3.05, 3.63) is 22.4 Å². The molecule has 0 saturated heterocycles. The van der Waals surface area contributed by atoms with Crippen LogP contribution >= 0.6 is 11.3 Å². The number of hydrogen-bond donors (Lipinski definition) is 2. The lowest BCUT2D eigenvalue weighted by Gasteiger charge is -2.16. The van der Waals surface area contributed by atoms with Gasteiger partial charge >= 0.3 is 0 Å². The zero-order valence-electron chi connectivity index (χ0n) is 10.3. The Morgan fingerprint density at radius 1 is 1.47 bits per heavy atom. The van der Waals surface area contributed by atoms with Crippen LogP contribution in [0.4, 0.5) is 0 Å². The molecule has 0 radical (unpaired) electrons. The van der Waals surface area contributed by atoms with Crippen molar-refractivity contribution >= 4 is 21.4 Å². The second-order valence-corrected chi connectivity index (χ2v) is 6.75. The SMILES string of the molecule is CCCC(NS(=O)(=O)CCNC)c1cccs1. The summed E-state index contributed by atoms with van der Waals surface area (Å²) >= 11 is 1.59. The van der Waals surface area contributed by atoms with Gasteiger partial charge in [-0.1, -0.05) is 19.4 Å². The van der Waals surface area contributed by atoms with Crippen LogP contribution in [0.1, 0.15) is 30.7 Å². The molecule has 0 aliphatic rings. The first kappa shape index (κ1) is 14.6. The highest BCUT2D eigenvalue weighted by molar-refractivity contribution is 7.89. The maximum atomic E-state index is 11.8. The van der Waals surface area contributed by atoms with Crippen molar-refractivity contribution in [1.29, 1.82) is 0 Å². The van der Waals surface area contributed by atoms with Gasteiger partial charge in [-0.25, -0.2) is 13.1 Å². The maximum absolute atomic E-state index is 11.8. The van der Waals surface area contributed by atoms with Crippen molar-refractivity contribution in [2.75, 3.05) is 19.3 Å². The molecule has 0 bridgehead atoms. The molecule has 0 aromatic carbocycles. The Balaban J connectivity index is 2.67. The molecule has 1 aromatic rings. The lowest BCUT2D eigenvalue weighted by molar-refractivity contribution is 0.538. The minimum atomic E-state index is -3.20. The summed E-state index contributed by atoms with van der Waals surface area (Å²) in [5.41, 5.74) is 0. The van der Waals surface area contributed by atoms with Crippen LogP contribution in [0.5, 0.6) is 0 Å². The second-order valence-electron chi connectivity index (χ2n) is 3.90. The fraction of sp³-hybridized carbons (Fsp3) is 0.636. The standard InChI is InChI=1S/C11H20N2O2S2/c1-3-5-10(11-6-4-8-16-11)13-17(14,15)9-7-12-2/h4,6,8,10,12-13H,3,5,7,9H2,1-2H3. The Kier molecular flexibility index (Phi) is 6.11. The Hall–Kier alpha value is -0.430. The second kappa shape index (κ2) is 7.10. The number of thiophene rings is 1. The van der Waals surface area contributed by atoms with E-state index >= 15 is 0 Å². The first-order valence-corrected chi connectivity index (χ1v) is 8.30. The lowest BCUT2D eigenvalue weighted by atomic mass is 10.1. The van der Waals surface area contributed by atoms with E-state index in [9.17, 15) is 8.42 Å². The Morgan fingerprint density at radius 2 is 2.24 bits per heavy atom. The van der Waals surface area contributed by atoms with Crippen LogP contribution in [-0.4, -0.2) is 27.8 Å². The molecule has 0 aliphatic heterocycles. The first-order valence-electron chi connectivity index (χ1n) is 5.77. The van der Waals surface area contributed by atoms with E-state index < -0.39 is 10.0 Å². The topological polar surface area (TPSA) is 58.2 Å². The van der Waals surface area contributed by atoms with Gasteiger partial charge in [-0.05, 0) is 24.9 Å². The molecule has 0 aliphatic carbocycles. The Bertz CT molecular complexity index is 401. The number of nitrogens with one attached hydrogen (secondary N) is 2. The van der Waals surface area contributed by atoms with Gasteiger partial charge in [0.2, 0.25) is 10.0 Å². The predicted octanol–water partition coefficient (Wildman–Crippen LogP) is 1.73. The van der Waals surface area contributed by atoms with Crippen LogP contribution in [0.15, 0.2) is 17.5 Å². The predicted molar refractivity (Wildman–Crippen MR) is 72.8 cm³/mol. The zero-order valence-corrected chi connectivity index (χ0v) is 11.9. The van der Waals surface area contributed by atoms with E-state index in [0.717, 1.165) is 17.7 Å². The van der Waals surface area contributed by atoms with E-state index in [4.69, 9.17) is 0 Å². The highest BCUT2D eigenvalue weighted by Gasteiger charge is 2.18. The van der Waals surface area contributed by atoms with Gasteiger partial charge < -0.3 is 5.32 Å². The van der Waals surface area contributed by atoms with E-state index in [-0.39, 0.29) is 11.8 Å². The Morgan fingerprint density at radius 3 is 2.76 bits per heavy atom. The van der Waals surface area contributed by atoms with Crippen molar-refractivity contribution < 1.29 is 8.42 Å². The van der Waals surface area contributed by atoms with Crippen molar-refractivity contribution in [2.45, 2.75) is 25.8 Å². The molecule has 0 amide bonds. The molecule has 1 aromatic heterocycles. The van der Waals surface area contributed by atoms with Crippen molar-refractivity contribution in [3.8, 4) is 0 Å². The molecule has 1 rings (SSSR count). The number of rotatable bonds is 8. The average molecular weight is 276 g/mol.